The SMILES string of the molecule is CC/C=C\C[C@H](O)/C=C/C=C\C=C\[C@H](O)C/C=C\C/C=C\CCC(=O)O[C@@H](CO)COC(=O)CCCCCCCCCC(C)C. The van der Waals surface area contributed by atoms with E-state index in [2.05, 4.69) is 20.8 Å². The fourth-order valence-corrected chi connectivity index (χ4v) is 4.23. The van der Waals surface area contributed by atoms with E-state index in [0.29, 0.717) is 32.1 Å². The second-order valence-corrected chi connectivity index (χ2v) is 11.7. The first-order valence-corrected chi connectivity index (χ1v) is 17.1. The summed E-state index contributed by atoms with van der Waals surface area (Å²) in [6.45, 7) is 6.04. The van der Waals surface area contributed by atoms with Crippen molar-refractivity contribution >= 4 is 11.9 Å². The van der Waals surface area contributed by atoms with Crippen molar-refractivity contribution < 1.29 is 34.4 Å². The highest BCUT2D eigenvalue weighted by molar-refractivity contribution is 5.70. The van der Waals surface area contributed by atoms with Gasteiger partial charge in [-0.1, -0.05) is 139 Å². The van der Waals surface area contributed by atoms with Crippen LogP contribution in [0.3, 0.4) is 0 Å². The van der Waals surface area contributed by atoms with Crippen molar-refractivity contribution in [2.45, 2.75) is 135 Å². The molecule has 7 heteroatoms. The van der Waals surface area contributed by atoms with Crippen molar-refractivity contribution in [2.24, 2.45) is 5.92 Å². The first kappa shape index (κ1) is 42.3. The third-order valence-electron chi connectivity index (χ3n) is 6.87. The summed E-state index contributed by atoms with van der Waals surface area (Å²) in [6.07, 6.45) is 33.3. The zero-order chi connectivity index (χ0) is 33.4. The van der Waals surface area contributed by atoms with Gasteiger partial charge in [0.25, 0.3) is 0 Å². The highest BCUT2D eigenvalue weighted by Gasteiger charge is 2.15. The minimum atomic E-state index is -0.850. The van der Waals surface area contributed by atoms with Crippen LogP contribution in [0.25, 0.3) is 0 Å². The molecule has 0 rings (SSSR count). The van der Waals surface area contributed by atoms with E-state index in [1.165, 1.54) is 32.1 Å². The van der Waals surface area contributed by atoms with Gasteiger partial charge >= 0.3 is 11.9 Å². The number of aliphatic hydroxyl groups excluding tert-OH is 3. The number of aliphatic hydroxyl groups is 3. The molecule has 0 aliphatic carbocycles. The largest absolute Gasteiger partial charge is 0.462 e. The molecule has 0 radical (unpaired) electrons. The molecule has 3 N–H and O–H groups in total. The Morgan fingerprint density at radius 3 is 1.87 bits per heavy atom. The molecule has 0 bridgehead atoms. The van der Waals surface area contributed by atoms with Crippen LogP contribution in [-0.4, -0.2) is 58.8 Å². The van der Waals surface area contributed by atoms with Crippen LogP contribution in [0.1, 0.15) is 117 Å². The molecule has 0 aliphatic rings. The van der Waals surface area contributed by atoms with Crippen LogP contribution in [0.15, 0.2) is 72.9 Å². The molecule has 45 heavy (non-hydrogen) atoms. The van der Waals surface area contributed by atoms with Gasteiger partial charge in [0.1, 0.15) is 6.61 Å². The van der Waals surface area contributed by atoms with E-state index >= 15 is 0 Å². The Morgan fingerprint density at radius 1 is 0.689 bits per heavy atom. The zero-order valence-electron chi connectivity index (χ0n) is 28.2. The van der Waals surface area contributed by atoms with Crippen molar-refractivity contribution in [1.82, 2.24) is 0 Å². The summed E-state index contributed by atoms with van der Waals surface area (Å²) in [5, 5.41) is 29.3. The summed E-state index contributed by atoms with van der Waals surface area (Å²) in [4.78, 5) is 24.1. The summed E-state index contributed by atoms with van der Waals surface area (Å²) in [5.74, 6) is 0.00364. The number of carbonyl (C=O) groups excluding carboxylic acids is 2. The second-order valence-electron chi connectivity index (χ2n) is 11.7. The van der Waals surface area contributed by atoms with Gasteiger partial charge in [-0.3, -0.25) is 9.59 Å². The Bertz CT molecular complexity index is 898. The summed E-state index contributed by atoms with van der Waals surface area (Å²) in [5.41, 5.74) is 0. The van der Waals surface area contributed by atoms with Crippen LogP contribution in [-0.2, 0) is 19.1 Å². The summed E-state index contributed by atoms with van der Waals surface area (Å²) in [7, 11) is 0. The van der Waals surface area contributed by atoms with Crippen molar-refractivity contribution in [2.75, 3.05) is 13.2 Å². The van der Waals surface area contributed by atoms with Crippen molar-refractivity contribution in [1.29, 1.82) is 0 Å². The summed E-state index contributed by atoms with van der Waals surface area (Å²) >= 11 is 0. The average molecular weight is 631 g/mol. The van der Waals surface area contributed by atoms with Gasteiger partial charge in [0.05, 0.1) is 18.8 Å². The molecule has 0 saturated heterocycles. The number of allylic oxidation sites excluding steroid dienone is 8. The Morgan fingerprint density at radius 2 is 1.27 bits per heavy atom. The van der Waals surface area contributed by atoms with Crippen LogP contribution in [0, 0.1) is 5.92 Å². The molecule has 0 amide bonds. The van der Waals surface area contributed by atoms with Crippen LogP contribution in [0.5, 0.6) is 0 Å². The molecule has 0 saturated carbocycles. The maximum atomic E-state index is 12.1. The molecule has 0 spiro atoms. The molecular weight excluding hydrogens is 568 g/mol. The van der Waals surface area contributed by atoms with Crippen molar-refractivity contribution in [3.05, 3.63) is 72.9 Å². The average Bonchev–Trinajstić information content (AvgIpc) is 3.01. The Kier molecular flexibility index (Phi) is 29.3. The predicted molar refractivity (Wildman–Crippen MR) is 185 cm³/mol. The molecule has 0 aliphatic heterocycles. The highest BCUT2D eigenvalue weighted by Crippen LogP contribution is 2.13. The molecule has 7 nitrogen and oxygen atoms in total. The molecule has 256 valence electrons. The third-order valence-corrected chi connectivity index (χ3v) is 6.87. The van der Waals surface area contributed by atoms with Gasteiger partial charge < -0.3 is 24.8 Å². The second kappa shape index (κ2) is 31.3. The minimum Gasteiger partial charge on any atom is -0.462 e. The van der Waals surface area contributed by atoms with Gasteiger partial charge in [0.2, 0.25) is 0 Å². The smallest absolute Gasteiger partial charge is 0.306 e. The number of hydrogen-bond acceptors (Lipinski definition) is 7. The molecule has 0 aromatic heterocycles. The number of ether oxygens (including phenoxy) is 2. The molecule has 0 heterocycles. The van der Waals surface area contributed by atoms with Crippen LogP contribution < -0.4 is 0 Å². The van der Waals surface area contributed by atoms with Gasteiger partial charge in [0.15, 0.2) is 6.10 Å². The molecule has 0 unspecified atom stereocenters. The van der Waals surface area contributed by atoms with E-state index in [0.717, 1.165) is 31.6 Å². The lowest BCUT2D eigenvalue weighted by Gasteiger charge is -2.15. The van der Waals surface area contributed by atoms with E-state index in [-0.39, 0.29) is 19.0 Å². The Balaban J connectivity index is 3.94. The van der Waals surface area contributed by atoms with Gasteiger partial charge in [-0.2, -0.15) is 0 Å². The lowest BCUT2D eigenvalue weighted by atomic mass is 10.0. The number of unbranched alkanes of at least 4 members (excludes halogenated alkanes) is 6. The fraction of sp³-hybridized carbons (Fsp3) is 0.632. The zero-order valence-corrected chi connectivity index (χ0v) is 28.2. The van der Waals surface area contributed by atoms with Crippen LogP contribution in [0.2, 0.25) is 0 Å². The van der Waals surface area contributed by atoms with Gasteiger partial charge in [-0.15, -0.1) is 0 Å². The molecule has 0 aromatic rings. The summed E-state index contributed by atoms with van der Waals surface area (Å²) < 4.78 is 10.4. The topological polar surface area (TPSA) is 113 Å². The number of esters is 2. The van der Waals surface area contributed by atoms with E-state index in [9.17, 15) is 24.9 Å². The standard InChI is InChI=1S/C38H62O7/c1-4-5-17-25-34(40)27-20-15-16-21-28-35(41)26-19-12-9-10-14-23-30-38(43)45-36(31-39)32-44-37(42)29-22-13-8-6-7-11-18-24-33(2)3/h5,10,12,14-17,19-21,27-28,33-36,39-41H,4,6-9,11,13,18,22-26,29-32H2,1-3H3/b14-10-,16-15-,17-5-,19-12-,27-20+,28-21+/t34-,35+,36-/m0/s1. The maximum Gasteiger partial charge on any atom is 0.306 e. The van der Waals surface area contributed by atoms with Gasteiger partial charge in [-0.25, -0.2) is 0 Å². The Labute approximate surface area is 273 Å². The number of carbonyl (C=O) groups is 2. The Hall–Kier alpha value is -2.74. The van der Waals surface area contributed by atoms with Crippen LogP contribution in [0.4, 0.5) is 0 Å². The number of rotatable bonds is 28. The fourth-order valence-electron chi connectivity index (χ4n) is 4.23. The molecule has 0 fully saturated rings. The van der Waals surface area contributed by atoms with Crippen molar-refractivity contribution in [3.63, 3.8) is 0 Å². The first-order valence-electron chi connectivity index (χ1n) is 17.1. The van der Waals surface area contributed by atoms with Gasteiger partial charge in [0, 0.05) is 12.8 Å². The highest BCUT2D eigenvalue weighted by atomic mass is 16.6. The van der Waals surface area contributed by atoms with Crippen molar-refractivity contribution in [3.8, 4) is 0 Å². The maximum absolute atomic E-state index is 12.1. The molecule has 0 aromatic carbocycles. The van der Waals surface area contributed by atoms with E-state index in [1.54, 1.807) is 30.4 Å². The normalized spacial score (nSPS) is 14.6. The molecule has 3 atom stereocenters. The minimum absolute atomic E-state index is 0.132. The first-order chi connectivity index (χ1) is 21.8. The summed E-state index contributed by atoms with van der Waals surface area (Å²) in [6, 6.07) is 0. The predicted octanol–water partition coefficient (Wildman–Crippen LogP) is 8.02. The monoisotopic (exact) mass is 630 g/mol. The van der Waals surface area contributed by atoms with E-state index in [1.807, 2.05) is 42.5 Å². The quantitative estimate of drug-likeness (QED) is 0.0347. The lowest BCUT2D eigenvalue weighted by molar-refractivity contribution is -0.161. The lowest BCUT2D eigenvalue weighted by Crippen LogP contribution is -2.28. The van der Waals surface area contributed by atoms with E-state index in [4.69, 9.17) is 9.47 Å². The van der Waals surface area contributed by atoms with Gasteiger partial charge in [-0.05, 0) is 44.4 Å². The van der Waals surface area contributed by atoms with Crippen LogP contribution >= 0.6 is 0 Å². The van der Waals surface area contributed by atoms with E-state index < -0.39 is 30.9 Å². The third kappa shape index (κ3) is 31.0. The molecular formula is C38H62O7. The number of hydrogen-bond donors (Lipinski definition) is 3.